The zero-order valence-corrected chi connectivity index (χ0v) is 14.3. The Labute approximate surface area is 149 Å². The Morgan fingerprint density at radius 3 is 2.64 bits per heavy atom. The molecule has 2 atom stereocenters. The molecule has 3 rings (SSSR count). The van der Waals surface area contributed by atoms with Gasteiger partial charge in [0, 0.05) is 17.1 Å². The molecule has 0 spiro atoms. The van der Waals surface area contributed by atoms with E-state index in [1.165, 1.54) is 12.1 Å². The molecule has 130 valence electrons. The van der Waals surface area contributed by atoms with E-state index in [0.717, 1.165) is 11.1 Å². The van der Waals surface area contributed by atoms with Gasteiger partial charge in [-0.15, -0.1) is 0 Å². The number of urea groups is 1. The number of halogens is 2. The van der Waals surface area contributed by atoms with Crippen LogP contribution in [0.3, 0.4) is 0 Å². The van der Waals surface area contributed by atoms with Crippen molar-refractivity contribution < 1.29 is 14.0 Å². The van der Waals surface area contributed by atoms with Crippen molar-refractivity contribution in [2.75, 3.05) is 4.90 Å². The smallest absolute Gasteiger partial charge is 0.312 e. The summed E-state index contributed by atoms with van der Waals surface area (Å²) in [7, 11) is 0. The van der Waals surface area contributed by atoms with Gasteiger partial charge in [-0.3, -0.25) is 4.79 Å². The lowest BCUT2D eigenvalue weighted by Gasteiger charge is -2.38. The standard InChI is InChI=1S/C18H17ClFN3O2/c1-10(11-3-6-14(20)7-4-11)23-16-9-13(19)5-2-12(16)8-15(17(23)24)22-18(21)25/h2-7,9-10,15H,8H2,1H3,(H3,21,22,25)/t10-,15+/m0/s1. The number of nitrogens with zero attached hydrogens (tertiary/aromatic N) is 1. The van der Waals surface area contributed by atoms with Crippen molar-refractivity contribution >= 4 is 29.2 Å². The van der Waals surface area contributed by atoms with Crippen molar-refractivity contribution in [3.63, 3.8) is 0 Å². The second-order valence-corrected chi connectivity index (χ2v) is 6.41. The van der Waals surface area contributed by atoms with Gasteiger partial charge in [-0.2, -0.15) is 0 Å². The summed E-state index contributed by atoms with van der Waals surface area (Å²) in [4.78, 5) is 25.8. The molecule has 0 radical (unpaired) electrons. The number of amides is 3. The first-order valence-electron chi connectivity index (χ1n) is 7.79. The molecule has 2 aromatic carbocycles. The van der Waals surface area contributed by atoms with Crippen LogP contribution < -0.4 is 16.0 Å². The molecule has 0 saturated heterocycles. The summed E-state index contributed by atoms with van der Waals surface area (Å²) < 4.78 is 13.2. The first-order valence-corrected chi connectivity index (χ1v) is 8.17. The third kappa shape index (κ3) is 3.44. The average molecular weight is 362 g/mol. The molecular weight excluding hydrogens is 345 g/mol. The fourth-order valence-electron chi connectivity index (χ4n) is 3.10. The number of primary amides is 1. The van der Waals surface area contributed by atoms with Crippen LogP contribution in [0.15, 0.2) is 42.5 Å². The van der Waals surface area contributed by atoms with E-state index in [1.54, 1.807) is 29.2 Å². The molecule has 1 heterocycles. The van der Waals surface area contributed by atoms with Gasteiger partial charge in [0.2, 0.25) is 0 Å². The van der Waals surface area contributed by atoms with E-state index in [9.17, 15) is 14.0 Å². The van der Waals surface area contributed by atoms with Gasteiger partial charge in [0.15, 0.2) is 0 Å². The van der Waals surface area contributed by atoms with Crippen LogP contribution in [0.5, 0.6) is 0 Å². The molecule has 0 aliphatic carbocycles. The van der Waals surface area contributed by atoms with Crippen molar-refractivity contribution in [2.24, 2.45) is 5.73 Å². The Hall–Kier alpha value is -2.60. The Bertz CT molecular complexity index is 826. The van der Waals surface area contributed by atoms with Crippen molar-refractivity contribution in [1.82, 2.24) is 5.32 Å². The second kappa shape index (κ2) is 6.72. The van der Waals surface area contributed by atoms with E-state index in [4.69, 9.17) is 17.3 Å². The van der Waals surface area contributed by atoms with E-state index in [1.807, 2.05) is 13.0 Å². The van der Waals surface area contributed by atoms with Crippen LogP contribution in [0.1, 0.15) is 24.1 Å². The minimum atomic E-state index is -0.759. The molecule has 0 unspecified atom stereocenters. The molecule has 2 aromatic rings. The molecule has 0 aromatic heterocycles. The molecule has 3 N–H and O–H groups in total. The molecule has 0 bridgehead atoms. The van der Waals surface area contributed by atoms with Gasteiger partial charge in [0.05, 0.1) is 6.04 Å². The molecule has 1 aliphatic heterocycles. The largest absolute Gasteiger partial charge is 0.352 e. The van der Waals surface area contributed by atoms with Crippen molar-refractivity contribution in [1.29, 1.82) is 0 Å². The lowest BCUT2D eigenvalue weighted by molar-refractivity contribution is -0.121. The molecule has 5 nitrogen and oxygen atoms in total. The number of rotatable bonds is 3. The highest BCUT2D eigenvalue weighted by Gasteiger charge is 2.36. The number of anilines is 1. The highest BCUT2D eigenvalue weighted by molar-refractivity contribution is 6.31. The Morgan fingerprint density at radius 1 is 1.32 bits per heavy atom. The first-order chi connectivity index (χ1) is 11.9. The Morgan fingerprint density at radius 2 is 2.00 bits per heavy atom. The summed E-state index contributed by atoms with van der Waals surface area (Å²) >= 11 is 6.10. The summed E-state index contributed by atoms with van der Waals surface area (Å²) in [6.45, 7) is 1.84. The lowest BCUT2D eigenvalue weighted by atomic mass is 9.94. The van der Waals surface area contributed by atoms with E-state index in [-0.39, 0.29) is 17.8 Å². The van der Waals surface area contributed by atoms with Gasteiger partial charge in [-0.1, -0.05) is 29.8 Å². The highest BCUT2D eigenvalue weighted by atomic mass is 35.5. The van der Waals surface area contributed by atoms with Gasteiger partial charge in [0.25, 0.3) is 5.91 Å². The molecular formula is C18H17ClFN3O2. The molecule has 25 heavy (non-hydrogen) atoms. The summed E-state index contributed by atoms with van der Waals surface area (Å²) in [5.74, 6) is -0.636. The minimum absolute atomic E-state index is 0.287. The van der Waals surface area contributed by atoms with Crippen molar-refractivity contribution in [3.05, 3.63) is 64.4 Å². The number of nitrogens with two attached hydrogens (primary N) is 1. The van der Waals surface area contributed by atoms with E-state index < -0.39 is 12.1 Å². The van der Waals surface area contributed by atoms with Crippen molar-refractivity contribution in [3.8, 4) is 0 Å². The number of hydrogen-bond acceptors (Lipinski definition) is 2. The van der Waals surface area contributed by atoms with Crippen LogP contribution >= 0.6 is 11.6 Å². The van der Waals surface area contributed by atoms with Gasteiger partial charge < -0.3 is 16.0 Å². The average Bonchev–Trinajstić information content (AvgIpc) is 2.56. The van der Waals surface area contributed by atoms with E-state index in [2.05, 4.69) is 5.32 Å². The molecule has 0 fully saturated rings. The third-order valence-electron chi connectivity index (χ3n) is 4.32. The maximum absolute atomic E-state index is 13.2. The molecule has 0 saturated carbocycles. The number of hydrogen-bond donors (Lipinski definition) is 2. The minimum Gasteiger partial charge on any atom is -0.352 e. The predicted octanol–water partition coefficient (Wildman–Crippen LogP) is 3.17. The fourth-order valence-corrected chi connectivity index (χ4v) is 3.27. The van der Waals surface area contributed by atoms with Crippen molar-refractivity contribution in [2.45, 2.75) is 25.4 Å². The van der Waals surface area contributed by atoms with Crippen LogP contribution in [0.4, 0.5) is 14.9 Å². The molecule has 3 amide bonds. The normalized spacial score (nSPS) is 17.8. The Kier molecular flexibility index (Phi) is 4.63. The Balaban J connectivity index is 2.05. The number of benzene rings is 2. The summed E-state index contributed by atoms with van der Waals surface area (Å²) in [6.07, 6.45) is 0.334. The van der Waals surface area contributed by atoms with Crippen LogP contribution in [0.2, 0.25) is 5.02 Å². The van der Waals surface area contributed by atoms with Gasteiger partial charge >= 0.3 is 6.03 Å². The highest BCUT2D eigenvalue weighted by Crippen LogP contribution is 2.36. The quantitative estimate of drug-likeness (QED) is 0.881. The lowest BCUT2D eigenvalue weighted by Crippen LogP contribution is -2.54. The summed E-state index contributed by atoms with van der Waals surface area (Å²) in [5, 5.41) is 2.99. The second-order valence-electron chi connectivity index (χ2n) is 5.97. The number of fused-ring (bicyclic) bond motifs is 1. The van der Waals surface area contributed by atoms with E-state index >= 15 is 0 Å². The van der Waals surface area contributed by atoms with Crippen LogP contribution in [0.25, 0.3) is 0 Å². The van der Waals surface area contributed by atoms with Gasteiger partial charge in [-0.25, -0.2) is 9.18 Å². The zero-order valence-electron chi connectivity index (χ0n) is 13.5. The number of carbonyl (C=O) groups is 2. The zero-order chi connectivity index (χ0) is 18.1. The topological polar surface area (TPSA) is 75.4 Å². The molecule has 1 aliphatic rings. The maximum atomic E-state index is 13.2. The SMILES string of the molecule is C[C@@H](c1ccc(F)cc1)N1C(=O)[C@H](NC(N)=O)Cc2ccc(Cl)cc21. The number of carbonyl (C=O) groups excluding carboxylic acids is 2. The molecule has 7 heteroatoms. The van der Waals surface area contributed by atoms with Crippen LogP contribution in [-0.4, -0.2) is 18.0 Å². The van der Waals surface area contributed by atoms with Crippen LogP contribution in [-0.2, 0) is 11.2 Å². The summed E-state index contributed by atoms with van der Waals surface area (Å²) in [5.41, 5.74) is 7.51. The van der Waals surface area contributed by atoms with E-state index in [0.29, 0.717) is 17.1 Å². The van der Waals surface area contributed by atoms with Gasteiger partial charge in [-0.05, 0) is 42.3 Å². The summed E-state index contributed by atoms with van der Waals surface area (Å²) in [6, 6.07) is 9.33. The maximum Gasteiger partial charge on any atom is 0.312 e. The number of nitrogens with one attached hydrogen (secondary N) is 1. The van der Waals surface area contributed by atoms with Gasteiger partial charge in [0.1, 0.15) is 11.9 Å². The predicted molar refractivity (Wildman–Crippen MR) is 94.0 cm³/mol. The first kappa shape index (κ1) is 17.2. The third-order valence-corrected chi connectivity index (χ3v) is 4.56. The monoisotopic (exact) mass is 361 g/mol. The fraction of sp³-hybridized carbons (Fsp3) is 0.222. The van der Waals surface area contributed by atoms with Crippen LogP contribution in [0, 0.1) is 5.82 Å².